The van der Waals surface area contributed by atoms with Gasteiger partial charge in [0.05, 0.1) is 12.2 Å². The average molecular weight is 337 g/mol. The zero-order chi connectivity index (χ0) is 16.8. The summed E-state index contributed by atoms with van der Waals surface area (Å²) in [5.41, 5.74) is 0.587. The maximum Gasteiger partial charge on any atom is 0.316 e. The SMILES string of the molecule is COCC1CCCN(C(=O)c2ccccc2SC(C)C(=O)O)C1. The largest absolute Gasteiger partial charge is 0.480 e. The first kappa shape index (κ1) is 17.8. The molecule has 2 rings (SSSR count). The minimum Gasteiger partial charge on any atom is -0.480 e. The van der Waals surface area contributed by atoms with Crippen molar-refractivity contribution in [1.82, 2.24) is 4.90 Å². The van der Waals surface area contributed by atoms with Gasteiger partial charge in [0.2, 0.25) is 0 Å². The number of ether oxygens (including phenoxy) is 1. The van der Waals surface area contributed by atoms with E-state index in [0.29, 0.717) is 24.6 Å². The van der Waals surface area contributed by atoms with Crippen molar-refractivity contribution >= 4 is 23.6 Å². The van der Waals surface area contributed by atoms with Gasteiger partial charge in [-0.1, -0.05) is 12.1 Å². The Bertz CT molecular complexity index is 561. The van der Waals surface area contributed by atoms with Crippen molar-refractivity contribution in [3.8, 4) is 0 Å². The van der Waals surface area contributed by atoms with E-state index in [1.807, 2.05) is 23.1 Å². The highest BCUT2D eigenvalue weighted by molar-refractivity contribution is 8.00. The molecule has 1 heterocycles. The van der Waals surface area contributed by atoms with Gasteiger partial charge < -0.3 is 14.7 Å². The van der Waals surface area contributed by atoms with Crippen molar-refractivity contribution in [3.63, 3.8) is 0 Å². The molecule has 0 radical (unpaired) electrons. The van der Waals surface area contributed by atoms with Gasteiger partial charge >= 0.3 is 5.97 Å². The molecule has 126 valence electrons. The van der Waals surface area contributed by atoms with Crippen LogP contribution in [0.15, 0.2) is 29.2 Å². The monoisotopic (exact) mass is 337 g/mol. The zero-order valence-electron chi connectivity index (χ0n) is 13.5. The summed E-state index contributed by atoms with van der Waals surface area (Å²) in [6.45, 7) is 3.73. The Morgan fingerprint density at radius 2 is 2.17 bits per heavy atom. The third-order valence-electron chi connectivity index (χ3n) is 3.98. The maximum absolute atomic E-state index is 12.8. The molecule has 0 bridgehead atoms. The molecular weight excluding hydrogens is 314 g/mol. The molecule has 1 aliphatic rings. The number of amides is 1. The number of benzene rings is 1. The van der Waals surface area contributed by atoms with Gasteiger partial charge in [-0.3, -0.25) is 9.59 Å². The van der Waals surface area contributed by atoms with Gasteiger partial charge in [0.25, 0.3) is 5.91 Å². The highest BCUT2D eigenvalue weighted by Gasteiger charge is 2.26. The lowest BCUT2D eigenvalue weighted by Crippen LogP contribution is -2.41. The second-order valence-corrected chi connectivity index (χ2v) is 7.19. The first-order chi connectivity index (χ1) is 11.0. The molecule has 6 heteroatoms. The topological polar surface area (TPSA) is 66.8 Å². The fourth-order valence-electron chi connectivity index (χ4n) is 2.78. The number of likely N-dealkylation sites (tertiary alicyclic amines) is 1. The van der Waals surface area contributed by atoms with E-state index in [4.69, 9.17) is 9.84 Å². The van der Waals surface area contributed by atoms with E-state index >= 15 is 0 Å². The molecule has 0 saturated carbocycles. The van der Waals surface area contributed by atoms with E-state index in [2.05, 4.69) is 0 Å². The van der Waals surface area contributed by atoms with Crippen LogP contribution >= 0.6 is 11.8 Å². The molecular formula is C17H23NO4S. The number of hydrogen-bond acceptors (Lipinski definition) is 4. The normalized spacial score (nSPS) is 19.4. The molecule has 2 atom stereocenters. The standard InChI is InChI=1S/C17H23NO4S/c1-12(17(20)21)23-15-8-4-3-7-14(15)16(19)18-9-5-6-13(10-18)11-22-2/h3-4,7-8,12-13H,5-6,9-11H2,1-2H3,(H,20,21). The van der Waals surface area contributed by atoms with Crippen molar-refractivity contribution in [2.45, 2.75) is 29.9 Å². The molecule has 0 aliphatic carbocycles. The number of aliphatic carboxylic acids is 1. The van der Waals surface area contributed by atoms with Crippen LogP contribution in [-0.4, -0.2) is 53.9 Å². The number of carbonyl (C=O) groups excluding carboxylic acids is 1. The summed E-state index contributed by atoms with van der Waals surface area (Å²) in [7, 11) is 1.68. The van der Waals surface area contributed by atoms with Crippen LogP contribution in [0.5, 0.6) is 0 Å². The molecule has 1 aromatic carbocycles. The van der Waals surface area contributed by atoms with Crippen LogP contribution < -0.4 is 0 Å². The first-order valence-electron chi connectivity index (χ1n) is 7.79. The number of nitrogens with zero attached hydrogens (tertiary/aromatic N) is 1. The second kappa shape index (κ2) is 8.36. The smallest absolute Gasteiger partial charge is 0.316 e. The van der Waals surface area contributed by atoms with Crippen LogP contribution in [-0.2, 0) is 9.53 Å². The average Bonchev–Trinajstić information content (AvgIpc) is 2.55. The van der Waals surface area contributed by atoms with E-state index in [1.165, 1.54) is 11.8 Å². The van der Waals surface area contributed by atoms with Gasteiger partial charge in [0, 0.05) is 25.1 Å². The van der Waals surface area contributed by atoms with Crippen molar-refractivity contribution in [1.29, 1.82) is 0 Å². The van der Waals surface area contributed by atoms with E-state index in [0.717, 1.165) is 24.3 Å². The summed E-state index contributed by atoms with van der Waals surface area (Å²) >= 11 is 1.21. The molecule has 2 unspecified atom stereocenters. The number of rotatable bonds is 6. The highest BCUT2D eigenvalue weighted by Crippen LogP contribution is 2.29. The fraction of sp³-hybridized carbons (Fsp3) is 0.529. The van der Waals surface area contributed by atoms with E-state index in [-0.39, 0.29) is 5.91 Å². The summed E-state index contributed by atoms with van der Waals surface area (Å²) in [6.07, 6.45) is 2.05. The predicted molar refractivity (Wildman–Crippen MR) is 89.9 cm³/mol. The summed E-state index contributed by atoms with van der Waals surface area (Å²) in [4.78, 5) is 26.5. The number of methoxy groups -OCH3 is 1. The minimum atomic E-state index is -0.879. The third kappa shape index (κ3) is 4.72. The van der Waals surface area contributed by atoms with E-state index < -0.39 is 11.2 Å². The van der Waals surface area contributed by atoms with E-state index in [1.54, 1.807) is 20.1 Å². The molecule has 1 saturated heterocycles. The van der Waals surface area contributed by atoms with Crippen LogP contribution in [0, 0.1) is 5.92 Å². The Morgan fingerprint density at radius 1 is 1.43 bits per heavy atom. The minimum absolute atomic E-state index is 0.0218. The Kier molecular flexibility index (Phi) is 6.47. The number of thioether (sulfide) groups is 1. The van der Waals surface area contributed by atoms with Crippen LogP contribution in [0.2, 0.25) is 0 Å². The zero-order valence-corrected chi connectivity index (χ0v) is 14.3. The molecule has 1 amide bonds. The number of piperidine rings is 1. The summed E-state index contributed by atoms with van der Waals surface area (Å²) in [5, 5.41) is 8.49. The fourth-order valence-corrected chi connectivity index (χ4v) is 3.70. The van der Waals surface area contributed by atoms with Crippen LogP contribution in [0.1, 0.15) is 30.1 Å². The number of carboxylic acids is 1. The van der Waals surface area contributed by atoms with Crippen molar-refractivity contribution in [2.24, 2.45) is 5.92 Å². The number of carboxylic acid groups (broad SMARTS) is 1. The van der Waals surface area contributed by atoms with Gasteiger partial charge in [-0.2, -0.15) is 0 Å². The number of carbonyl (C=O) groups is 2. The summed E-state index contributed by atoms with van der Waals surface area (Å²) in [5.74, 6) is -0.530. The molecule has 1 fully saturated rings. The van der Waals surface area contributed by atoms with Crippen molar-refractivity contribution in [3.05, 3.63) is 29.8 Å². The first-order valence-corrected chi connectivity index (χ1v) is 8.67. The van der Waals surface area contributed by atoms with Gasteiger partial charge in [-0.15, -0.1) is 11.8 Å². The Labute approximate surface area is 141 Å². The van der Waals surface area contributed by atoms with Crippen LogP contribution in [0.4, 0.5) is 0 Å². The maximum atomic E-state index is 12.8. The van der Waals surface area contributed by atoms with Crippen LogP contribution in [0.3, 0.4) is 0 Å². The lowest BCUT2D eigenvalue weighted by Gasteiger charge is -2.33. The molecule has 23 heavy (non-hydrogen) atoms. The summed E-state index contributed by atoms with van der Waals surface area (Å²) in [6, 6.07) is 7.24. The molecule has 1 aliphatic heterocycles. The van der Waals surface area contributed by atoms with E-state index in [9.17, 15) is 9.59 Å². The number of hydrogen-bond donors (Lipinski definition) is 1. The van der Waals surface area contributed by atoms with Gasteiger partial charge in [0.15, 0.2) is 0 Å². The second-order valence-electron chi connectivity index (χ2n) is 5.81. The summed E-state index contributed by atoms with van der Waals surface area (Å²) < 4.78 is 5.21. The lowest BCUT2D eigenvalue weighted by atomic mass is 9.98. The highest BCUT2D eigenvalue weighted by atomic mass is 32.2. The van der Waals surface area contributed by atoms with Crippen LogP contribution in [0.25, 0.3) is 0 Å². The molecule has 0 spiro atoms. The quantitative estimate of drug-likeness (QED) is 0.809. The Balaban J connectivity index is 2.14. The molecule has 5 nitrogen and oxygen atoms in total. The van der Waals surface area contributed by atoms with Crippen molar-refractivity contribution < 1.29 is 19.4 Å². The van der Waals surface area contributed by atoms with Gasteiger partial charge in [-0.25, -0.2) is 0 Å². The Morgan fingerprint density at radius 3 is 2.87 bits per heavy atom. The molecule has 1 aromatic rings. The van der Waals surface area contributed by atoms with Gasteiger partial charge in [0.1, 0.15) is 5.25 Å². The van der Waals surface area contributed by atoms with Crippen molar-refractivity contribution in [2.75, 3.05) is 26.8 Å². The molecule has 0 aromatic heterocycles. The Hall–Kier alpha value is -1.53. The third-order valence-corrected chi connectivity index (χ3v) is 5.14. The van der Waals surface area contributed by atoms with Gasteiger partial charge in [-0.05, 0) is 37.8 Å². The molecule has 1 N–H and O–H groups in total. The predicted octanol–water partition coefficient (Wildman–Crippen LogP) is 2.75. The lowest BCUT2D eigenvalue weighted by molar-refractivity contribution is -0.136.